The van der Waals surface area contributed by atoms with E-state index >= 15 is 0 Å². The van der Waals surface area contributed by atoms with Gasteiger partial charge < -0.3 is 0 Å². The first kappa shape index (κ1) is 11.6. The van der Waals surface area contributed by atoms with Crippen LogP contribution in [0.1, 0.15) is 34.0 Å². The van der Waals surface area contributed by atoms with Crippen LogP contribution in [0.15, 0.2) is 30.8 Å². The largest absolute Gasteiger partial charge is 0.294 e. The first-order chi connectivity index (χ1) is 8.04. The number of Topliss-reactive ketones (excluding diaryl/α,β-unsaturated/α-hetero) is 1. The van der Waals surface area contributed by atoms with Crippen molar-refractivity contribution in [2.45, 2.75) is 20.8 Å². The van der Waals surface area contributed by atoms with E-state index in [1.165, 1.54) is 16.5 Å². The predicted octanol–water partition coefficient (Wildman–Crippen LogP) is 4.30. The third-order valence-electron chi connectivity index (χ3n) is 3.22. The second-order valence-corrected chi connectivity index (χ2v) is 4.44. The Kier molecular flexibility index (Phi) is 2.84. The molecule has 0 radical (unpaired) electrons. The number of carbonyl (C=O) groups excluding carboxylic acids is 1. The normalized spacial score (nSPS) is 10.5. The minimum Gasteiger partial charge on any atom is -0.294 e. The average Bonchev–Trinajstić information content (AvgIpc) is 2.32. The molecule has 1 heteroatoms. The lowest BCUT2D eigenvalue weighted by atomic mass is 9.94. The van der Waals surface area contributed by atoms with Gasteiger partial charge in [0, 0.05) is 5.56 Å². The molecule has 2 aromatic carbocycles. The number of ketones is 1. The molecule has 0 heterocycles. The van der Waals surface area contributed by atoms with E-state index < -0.39 is 0 Å². The van der Waals surface area contributed by atoms with Crippen molar-refractivity contribution in [2.75, 3.05) is 0 Å². The van der Waals surface area contributed by atoms with Gasteiger partial charge in [0.15, 0.2) is 5.78 Å². The lowest BCUT2D eigenvalue weighted by Crippen LogP contribution is -1.97. The molecule has 2 rings (SSSR count). The Balaban J connectivity index is 2.92. The summed E-state index contributed by atoms with van der Waals surface area (Å²) in [6.45, 7) is 9.53. The molecule has 0 aromatic heterocycles. The average molecular weight is 224 g/mol. The van der Waals surface area contributed by atoms with Gasteiger partial charge in [-0.25, -0.2) is 0 Å². The molecule has 0 spiro atoms. The monoisotopic (exact) mass is 224 g/mol. The van der Waals surface area contributed by atoms with E-state index in [1.54, 1.807) is 13.0 Å². The van der Waals surface area contributed by atoms with Crippen LogP contribution in [0.5, 0.6) is 0 Å². The fraction of sp³-hybridized carbons (Fsp3) is 0.188. The molecule has 2 aromatic rings. The summed E-state index contributed by atoms with van der Waals surface area (Å²) in [5, 5.41) is 2.35. The zero-order valence-corrected chi connectivity index (χ0v) is 10.5. The van der Waals surface area contributed by atoms with E-state index in [2.05, 4.69) is 38.6 Å². The highest BCUT2D eigenvalue weighted by Crippen LogP contribution is 2.26. The summed E-state index contributed by atoms with van der Waals surface area (Å²) in [6, 6.07) is 8.24. The molecule has 0 aliphatic rings. The first-order valence-corrected chi connectivity index (χ1v) is 5.72. The quantitative estimate of drug-likeness (QED) is 0.695. The zero-order valence-electron chi connectivity index (χ0n) is 10.5. The Morgan fingerprint density at radius 2 is 1.65 bits per heavy atom. The standard InChI is InChI=1S/C16H16O/c1-5-13-8-14-10(2)6-7-11(3)15(14)9-16(13)12(4)17/h5-9H,1H2,2-4H3. The van der Waals surface area contributed by atoms with Gasteiger partial charge in [-0.1, -0.05) is 24.8 Å². The van der Waals surface area contributed by atoms with Crippen molar-refractivity contribution in [1.82, 2.24) is 0 Å². The second-order valence-electron chi connectivity index (χ2n) is 4.44. The van der Waals surface area contributed by atoms with Crippen LogP contribution in [0.2, 0.25) is 0 Å². The second kappa shape index (κ2) is 4.17. The first-order valence-electron chi connectivity index (χ1n) is 5.72. The van der Waals surface area contributed by atoms with E-state index in [1.807, 2.05) is 6.07 Å². The SMILES string of the molecule is C=Cc1cc2c(C)ccc(C)c2cc1C(C)=O. The Bertz CT molecular complexity index is 621. The van der Waals surface area contributed by atoms with Gasteiger partial charge >= 0.3 is 0 Å². The molecule has 1 nitrogen and oxygen atoms in total. The summed E-state index contributed by atoms with van der Waals surface area (Å²) in [7, 11) is 0. The van der Waals surface area contributed by atoms with E-state index in [-0.39, 0.29) is 5.78 Å². The summed E-state index contributed by atoms with van der Waals surface area (Å²) in [4.78, 5) is 11.6. The van der Waals surface area contributed by atoms with Crippen LogP contribution in [0, 0.1) is 13.8 Å². The lowest BCUT2D eigenvalue weighted by Gasteiger charge is -2.10. The molecule has 0 atom stereocenters. The van der Waals surface area contributed by atoms with Crippen molar-refractivity contribution >= 4 is 22.6 Å². The van der Waals surface area contributed by atoms with Gasteiger partial charge in [0.25, 0.3) is 0 Å². The number of aryl methyl sites for hydroxylation is 2. The molecular formula is C16H16O. The highest BCUT2D eigenvalue weighted by molar-refractivity contribution is 6.03. The van der Waals surface area contributed by atoms with Gasteiger partial charge in [-0.15, -0.1) is 0 Å². The Labute approximate surface area is 102 Å². The maximum Gasteiger partial charge on any atom is 0.160 e. The molecule has 0 aliphatic carbocycles. The van der Waals surface area contributed by atoms with Gasteiger partial charge in [0.1, 0.15) is 0 Å². The maximum atomic E-state index is 11.6. The van der Waals surface area contributed by atoms with Crippen LogP contribution in [-0.2, 0) is 0 Å². The molecule has 0 N–H and O–H groups in total. The molecule has 0 fully saturated rings. The van der Waals surface area contributed by atoms with Crippen LogP contribution in [0.25, 0.3) is 16.8 Å². The molecule has 0 aliphatic heterocycles. The minimum absolute atomic E-state index is 0.0858. The van der Waals surface area contributed by atoms with Crippen molar-refractivity contribution < 1.29 is 4.79 Å². The molecule has 0 saturated heterocycles. The van der Waals surface area contributed by atoms with E-state index in [4.69, 9.17) is 0 Å². The number of hydrogen-bond donors (Lipinski definition) is 0. The summed E-state index contributed by atoms with van der Waals surface area (Å²) in [6.07, 6.45) is 1.75. The van der Waals surface area contributed by atoms with Crippen molar-refractivity contribution in [3.8, 4) is 0 Å². The van der Waals surface area contributed by atoms with Crippen molar-refractivity contribution in [1.29, 1.82) is 0 Å². The minimum atomic E-state index is 0.0858. The Morgan fingerprint density at radius 1 is 1.12 bits per heavy atom. The van der Waals surface area contributed by atoms with Crippen molar-refractivity contribution in [3.05, 3.63) is 53.1 Å². The number of rotatable bonds is 2. The van der Waals surface area contributed by atoms with Gasteiger partial charge in [0.2, 0.25) is 0 Å². The van der Waals surface area contributed by atoms with Crippen LogP contribution in [0.4, 0.5) is 0 Å². The van der Waals surface area contributed by atoms with Crippen molar-refractivity contribution in [2.24, 2.45) is 0 Å². The zero-order chi connectivity index (χ0) is 12.6. The third-order valence-corrected chi connectivity index (χ3v) is 3.22. The summed E-state index contributed by atoms with van der Waals surface area (Å²) >= 11 is 0. The lowest BCUT2D eigenvalue weighted by molar-refractivity contribution is 0.101. The predicted molar refractivity (Wildman–Crippen MR) is 73.5 cm³/mol. The fourth-order valence-electron chi connectivity index (χ4n) is 2.17. The molecule has 0 amide bonds. The van der Waals surface area contributed by atoms with E-state index in [0.29, 0.717) is 0 Å². The summed E-state index contributed by atoms with van der Waals surface area (Å²) in [5.74, 6) is 0.0858. The summed E-state index contributed by atoms with van der Waals surface area (Å²) < 4.78 is 0. The molecule has 0 unspecified atom stereocenters. The molecule has 0 bridgehead atoms. The van der Waals surface area contributed by atoms with E-state index in [9.17, 15) is 4.79 Å². The molecular weight excluding hydrogens is 208 g/mol. The number of hydrogen-bond acceptors (Lipinski definition) is 1. The van der Waals surface area contributed by atoms with Gasteiger partial charge in [-0.05, 0) is 60.4 Å². The molecule has 0 saturated carbocycles. The number of fused-ring (bicyclic) bond motifs is 1. The van der Waals surface area contributed by atoms with Crippen LogP contribution < -0.4 is 0 Å². The van der Waals surface area contributed by atoms with Crippen LogP contribution >= 0.6 is 0 Å². The maximum absolute atomic E-state index is 11.6. The molecule has 86 valence electrons. The Hall–Kier alpha value is -1.89. The Morgan fingerprint density at radius 3 is 2.12 bits per heavy atom. The highest BCUT2D eigenvalue weighted by atomic mass is 16.1. The van der Waals surface area contributed by atoms with Crippen LogP contribution in [-0.4, -0.2) is 5.78 Å². The smallest absolute Gasteiger partial charge is 0.160 e. The highest BCUT2D eigenvalue weighted by Gasteiger charge is 2.09. The third kappa shape index (κ3) is 1.89. The number of benzene rings is 2. The summed E-state index contributed by atoms with van der Waals surface area (Å²) in [5.41, 5.74) is 4.09. The van der Waals surface area contributed by atoms with Crippen molar-refractivity contribution in [3.63, 3.8) is 0 Å². The molecule has 17 heavy (non-hydrogen) atoms. The fourth-order valence-corrected chi connectivity index (χ4v) is 2.17. The van der Waals surface area contributed by atoms with Gasteiger partial charge in [-0.3, -0.25) is 4.79 Å². The van der Waals surface area contributed by atoms with E-state index in [0.717, 1.165) is 16.5 Å². The van der Waals surface area contributed by atoms with Gasteiger partial charge in [-0.2, -0.15) is 0 Å². The van der Waals surface area contributed by atoms with Crippen LogP contribution in [0.3, 0.4) is 0 Å². The number of carbonyl (C=O) groups is 1. The van der Waals surface area contributed by atoms with Gasteiger partial charge in [0.05, 0.1) is 0 Å². The topological polar surface area (TPSA) is 17.1 Å².